The van der Waals surface area contributed by atoms with E-state index >= 15 is 0 Å². The molecule has 0 radical (unpaired) electrons. The van der Waals surface area contributed by atoms with Gasteiger partial charge >= 0.3 is 5.71 Å². The fourth-order valence-electron chi connectivity index (χ4n) is 2.04. The average molecular weight is 223 g/mol. The van der Waals surface area contributed by atoms with Crippen molar-refractivity contribution in [3.63, 3.8) is 0 Å². The highest BCUT2D eigenvalue weighted by atomic mass is 16.5. The van der Waals surface area contributed by atoms with E-state index in [9.17, 15) is 0 Å². The smallest absolute Gasteiger partial charge is 0.357 e. The van der Waals surface area contributed by atoms with E-state index < -0.39 is 0 Å². The molecule has 82 valence electrons. The Balaban J connectivity index is 2.22. The maximum absolute atomic E-state index is 8.94. The van der Waals surface area contributed by atoms with Gasteiger partial charge in [0.2, 0.25) is 5.76 Å². The fraction of sp³-hybridized carbons (Fsp3) is 0.0769. The van der Waals surface area contributed by atoms with Crippen molar-refractivity contribution in [2.45, 2.75) is 0 Å². The van der Waals surface area contributed by atoms with Crippen LogP contribution in [0.25, 0.3) is 11.1 Å². The van der Waals surface area contributed by atoms with E-state index in [0.29, 0.717) is 11.5 Å². The summed E-state index contributed by atoms with van der Waals surface area (Å²) in [6, 6.07) is 7.86. The molecule has 1 aromatic carbocycles. The summed E-state index contributed by atoms with van der Waals surface area (Å²) < 4.78 is 5.15. The molecule has 0 aromatic heterocycles. The van der Waals surface area contributed by atoms with Crippen LogP contribution in [0.15, 0.2) is 47.2 Å². The van der Waals surface area contributed by atoms with Crippen molar-refractivity contribution in [1.82, 2.24) is 0 Å². The van der Waals surface area contributed by atoms with Crippen molar-refractivity contribution in [2.24, 2.45) is 4.99 Å². The topological polar surface area (TPSA) is 58.0 Å². The van der Waals surface area contributed by atoms with Crippen molar-refractivity contribution < 1.29 is 9.53 Å². The maximum atomic E-state index is 8.94. The second-order valence-corrected chi connectivity index (χ2v) is 3.77. The normalized spacial score (nSPS) is 16.3. The van der Waals surface area contributed by atoms with Crippen LogP contribution in [0.1, 0.15) is 5.56 Å². The monoisotopic (exact) mass is 223 g/mol. The van der Waals surface area contributed by atoms with Crippen LogP contribution in [0.3, 0.4) is 0 Å². The van der Waals surface area contributed by atoms with Crippen LogP contribution in [0.4, 0.5) is 5.69 Å². The minimum Gasteiger partial charge on any atom is -0.489 e. The van der Waals surface area contributed by atoms with Crippen LogP contribution in [-0.2, 0) is 4.74 Å². The predicted molar refractivity (Wildman–Crippen MR) is 65.2 cm³/mol. The van der Waals surface area contributed by atoms with Gasteiger partial charge in [0.05, 0.1) is 18.5 Å². The first-order valence-electron chi connectivity index (χ1n) is 5.22. The van der Waals surface area contributed by atoms with Gasteiger partial charge in [-0.05, 0) is 6.07 Å². The van der Waals surface area contributed by atoms with E-state index in [1.165, 1.54) is 0 Å². The summed E-state index contributed by atoms with van der Waals surface area (Å²) in [7, 11) is 1.54. The molecule has 1 aromatic rings. The number of nitrogens with zero attached hydrogens (tertiary/aromatic N) is 3. The van der Waals surface area contributed by atoms with Gasteiger partial charge < -0.3 is 10.3 Å². The highest BCUT2D eigenvalue weighted by Crippen LogP contribution is 2.37. The van der Waals surface area contributed by atoms with Gasteiger partial charge in [0.1, 0.15) is 0 Å². The molecule has 1 aliphatic carbocycles. The predicted octanol–water partition coefficient (Wildman–Crippen LogP) is 2.37. The molecule has 0 N–H and O–H groups in total. The van der Waals surface area contributed by atoms with Crippen LogP contribution < -0.4 is 0 Å². The molecule has 17 heavy (non-hydrogen) atoms. The zero-order chi connectivity index (χ0) is 11.8. The lowest BCUT2D eigenvalue weighted by Gasteiger charge is -2.07. The molecule has 0 atom stereocenters. The Morgan fingerprint density at radius 2 is 2.06 bits per heavy atom. The summed E-state index contributed by atoms with van der Waals surface area (Å²) in [5.74, 6) is 0.516. The van der Waals surface area contributed by atoms with Gasteiger partial charge in [0, 0.05) is 23.3 Å². The quantitative estimate of drug-likeness (QED) is 0.409. The van der Waals surface area contributed by atoms with Crippen molar-refractivity contribution in [3.05, 3.63) is 53.3 Å². The molecule has 0 spiro atoms. The molecule has 4 heteroatoms. The number of hydrogen-bond acceptors (Lipinski definition) is 2. The third-order valence-electron chi connectivity index (χ3n) is 2.84. The number of rotatable bonds is 1. The Kier molecular flexibility index (Phi) is 2.03. The molecule has 0 saturated heterocycles. The van der Waals surface area contributed by atoms with Gasteiger partial charge in [0.15, 0.2) is 0 Å². The van der Waals surface area contributed by atoms with Crippen LogP contribution >= 0.6 is 0 Å². The van der Waals surface area contributed by atoms with Crippen molar-refractivity contribution in [2.75, 3.05) is 7.11 Å². The molecular weight excluding hydrogens is 214 g/mol. The molecule has 1 heterocycles. The number of hydrogen-bond donors (Lipinski definition) is 0. The van der Waals surface area contributed by atoms with Gasteiger partial charge in [-0.1, -0.05) is 18.2 Å². The molecule has 1 aliphatic heterocycles. The first-order valence-corrected chi connectivity index (χ1v) is 5.22. The summed E-state index contributed by atoms with van der Waals surface area (Å²) in [6.07, 6.45) is 3.56. The second kappa shape index (κ2) is 3.54. The molecular formula is C13H9N3O. The van der Waals surface area contributed by atoms with Crippen LogP contribution in [-0.4, -0.2) is 23.3 Å². The number of allylic oxidation sites excluding steroid dienone is 3. The van der Waals surface area contributed by atoms with Crippen molar-refractivity contribution in [3.8, 4) is 0 Å². The van der Waals surface area contributed by atoms with E-state index in [1.54, 1.807) is 19.3 Å². The van der Waals surface area contributed by atoms with Crippen molar-refractivity contribution in [1.29, 1.82) is 0 Å². The molecule has 3 rings (SSSR count). The first kappa shape index (κ1) is 9.75. The lowest BCUT2D eigenvalue weighted by molar-refractivity contribution is -0.00661. The van der Waals surface area contributed by atoms with Gasteiger partial charge in [-0.3, -0.25) is 0 Å². The van der Waals surface area contributed by atoms with Gasteiger partial charge in [-0.15, -0.1) is 0 Å². The minimum atomic E-state index is 0.415. The fourth-order valence-corrected chi connectivity index (χ4v) is 2.04. The Hall–Kier alpha value is -2.45. The number of benzene rings is 1. The van der Waals surface area contributed by atoms with Crippen LogP contribution in [0, 0.1) is 0 Å². The summed E-state index contributed by atoms with van der Waals surface area (Å²) in [5, 5.41) is 0. The van der Waals surface area contributed by atoms with Gasteiger partial charge in [-0.2, -0.15) is 4.79 Å². The largest absolute Gasteiger partial charge is 0.489 e. The molecule has 0 fully saturated rings. The third kappa shape index (κ3) is 1.35. The number of ether oxygens (including phenoxy) is 1. The second-order valence-electron chi connectivity index (χ2n) is 3.77. The van der Waals surface area contributed by atoms with Gasteiger partial charge in [-0.25, -0.2) is 4.99 Å². The van der Waals surface area contributed by atoms with E-state index in [4.69, 9.17) is 10.3 Å². The molecule has 4 nitrogen and oxygen atoms in total. The highest BCUT2D eigenvalue weighted by Gasteiger charge is 2.28. The maximum Gasteiger partial charge on any atom is 0.357 e. The zero-order valence-electron chi connectivity index (χ0n) is 9.21. The summed E-state index contributed by atoms with van der Waals surface area (Å²) in [4.78, 5) is 7.72. The zero-order valence-corrected chi connectivity index (χ0v) is 9.21. The highest BCUT2D eigenvalue weighted by molar-refractivity contribution is 6.40. The Morgan fingerprint density at radius 1 is 1.24 bits per heavy atom. The minimum absolute atomic E-state index is 0.415. The molecule has 0 amide bonds. The standard InChI is InChI=1S/C13H9N3O/c1-17-13-7-11-9(6-12(13)16-14)8-4-2-3-5-10(8)15-11/h2-7H,1H3. The van der Waals surface area contributed by atoms with Gasteiger partial charge in [0.25, 0.3) is 0 Å². The molecule has 0 unspecified atom stereocenters. The van der Waals surface area contributed by atoms with E-state index in [2.05, 4.69) is 9.78 Å². The number of aliphatic imine (C=N–C) groups is 1. The Labute approximate surface area is 98.2 Å². The van der Waals surface area contributed by atoms with E-state index in [1.807, 2.05) is 24.3 Å². The Bertz CT molecular complexity index is 646. The van der Waals surface area contributed by atoms with Crippen LogP contribution in [0.5, 0.6) is 0 Å². The van der Waals surface area contributed by atoms with E-state index in [-0.39, 0.29) is 0 Å². The number of fused-ring (bicyclic) bond motifs is 3. The number of methoxy groups -OCH3 is 1. The summed E-state index contributed by atoms with van der Waals surface area (Å²) >= 11 is 0. The lowest BCUT2D eigenvalue weighted by Crippen LogP contribution is -2.12. The molecule has 2 aliphatic rings. The molecule has 0 bridgehead atoms. The summed E-state index contributed by atoms with van der Waals surface area (Å²) in [5.41, 5.74) is 13.1. The number of para-hydroxylation sites is 1. The third-order valence-corrected chi connectivity index (χ3v) is 2.84. The van der Waals surface area contributed by atoms with E-state index in [0.717, 1.165) is 22.5 Å². The Morgan fingerprint density at radius 3 is 2.82 bits per heavy atom. The van der Waals surface area contributed by atoms with Crippen LogP contribution in [0.2, 0.25) is 0 Å². The summed E-state index contributed by atoms with van der Waals surface area (Å²) in [6.45, 7) is 0. The van der Waals surface area contributed by atoms with Crippen molar-refractivity contribution >= 4 is 22.7 Å². The lowest BCUT2D eigenvalue weighted by atomic mass is 9.96. The average Bonchev–Trinajstić information content (AvgIpc) is 2.74. The first-order chi connectivity index (χ1) is 8.33. The SMILES string of the molecule is COC1=CC2=Nc3ccccc3C2=CC1=[N+]=[N-]. The molecule has 0 saturated carbocycles.